The minimum Gasteiger partial charge on any atom is -0.368 e. The average Bonchev–Trinajstić information content (AvgIpc) is 3.06. The maximum Gasteiger partial charge on any atom is 0.221 e. The number of halogens is 1. The summed E-state index contributed by atoms with van der Waals surface area (Å²) in [6.07, 6.45) is 8.90. The lowest BCUT2D eigenvalue weighted by atomic mass is 10.2. The van der Waals surface area contributed by atoms with E-state index >= 15 is 0 Å². The molecule has 2 heterocycles. The highest BCUT2D eigenvalue weighted by Crippen LogP contribution is 2.21. The van der Waals surface area contributed by atoms with Crippen LogP contribution in [0.25, 0.3) is 5.69 Å². The van der Waals surface area contributed by atoms with Gasteiger partial charge in [-0.2, -0.15) is 5.10 Å². The second-order valence-corrected chi connectivity index (χ2v) is 5.36. The minimum atomic E-state index is 0.373. The predicted molar refractivity (Wildman–Crippen MR) is 85.6 cm³/mol. The molecule has 2 N–H and O–H groups in total. The lowest BCUT2D eigenvalue weighted by Crippen LogP contribution is -1.97. The van der Waals surface area contributed by atoms with Gasteiger partial charge in [-0.15, -0.1) is 0 Å². The highest BCUT2D eigenvalue weighted by Gasteiger charge is 2.03. The van der Waals surface area contributed by atoms with Crippen molar-refractivity contribution in [2.24, 2.45) is 5.10 Å². The van der Waals surface area contributed by atoms with Crippen LogP contribution in [0.15, 0.2) is 52.7 Å². The van der Waals surface area contributed by atoms with Crippen LogP contribution in [0.2, 0.25) is 0 Å². The Hall–Kier alpha value is -2.41. The van der Waals surface area contributed by atoms with Crippen LogP contribution < -0.4 is 5.73 Å². The summed E-state index contributed by atoms with van der Waals surface area (Å²) in [5.41, 5.74) is 8.55. The zero-order valence-corrected chi connectivity index (χ0v) is 12.9. The van der Waals surface area contributed by atoms with Gasteiger partial charge < -0.3 is 10.3 Å². The van der Waals surface area contributed by atoms with E-state index in [9.17, 15) is 0 Å². The third-order valence-electron chi connectivity index (χ3n) is 2.92. The number of imidazole rings is 2. The molecule has 3 rings (SSSR count). The van der Waals surface area contributed by atoms with Gasteiger partial charge in [0.2, 0.25) is 5.95 Å². The fraction of sp³-hybridized carbons (Fsp3) is 0.0714. The first-order chi connectivity index (χ1) is 10.1. The predicted octanol–water partition coefficient (Wildman–Crippen LogP) is 2.60. The zero-order chi connectivity index (χ0) is 14.8. The summed E-state index contributed by atoms with van der Waals surface area (Å²) in [5.74, 6) is 0.373. The molecule has 0 atom stereocenters. The first kappa shape index (κ1) is 13.6. The van der Waals surface area contributed by atoms with Crippen LogP contribution in [0.5, 0.6) is 0 Å². The molecule has 2 aromatic heterocycles. The number of hydrogen-bond donors (Lipinski definition) is 1. The Morgan fingerprint density at radius 2 is 2.24 bits per heavy atom. The summed E-state index contributed by atoms with van der Waals surface area (Å²) < 4.78 is 4.44. The number of aryl methyl sites for hydroxylation is 1. The minimum absolute atomic E-state index is 0.373. The van der Waals surface area contributed by atoms with E-state index < -0.39 is 0 Å². The Morgan fingerprint density at radius 1 is 1.38 bits per heavy atom. The molecule has 0 unspecified atom stereocenters. The number of anilines is 1. The van der Waals surface area contributed by atoms with Gasteiger partial charge in [-0.1, -0.05) is 6.07 Å². The van der Waals surface area contributed by atoms with E-state index in [2.05, 4.69) is 31.0 Å². The van der Waals surface area contributed by atoms with Crippen LogP contribution >= 0.6 is 15.9 Å². The van der Waals surface area contributed by atoms with E-state index in [1.807, 2.05) is 35.9 Å². The van der Waals surface area contributed by atoms with Crippen molar-refractivity contribution in [3.8, 4) is 5.69 Å². The quantitative estimate of drug-likeness (QED) is 0.742. The van der Waals surface area contributed by atoms with Crippen molar-refractivity contribution in [2.75, 3.05) is 5.73 Å². The standard InChI is InChI=1S/C14H13BrN6/c1-10-8-21(14(16)19-10)18-7-11-2-3-13(12(15)6-11)20-5-4-17-9-20/h2-9H,1H3,(H2,16,19). The molecule has 0 radical (unpaired) electrons. The molecular formula is C14H13BrN6. The van der Waals surface area contributed by atoms with Crippen molar-refractivity contribution in [2.45, 2.75) is 6.92 Å². The van der Waals surface area contributed by atoms with Crippen LogP contribution in [0.3, 0.4) is 0 Å². The molecule has 0 fully saturated rings. The molecule has 1 aromatic carbocycles. The topological polar surface area (TPSA) is 74.0 Å². The smallest absolute Gasteiger partial charge is 0.221 e. The number of aromatic nitrogens is 4. The maximum atomic E-state index is 5.74. The molecule has 0 spiro atoms. The first-order valence-electron chi connectivity index (χ1n) is 6.27. The summed E-state index contributed by atoms with van der Waals surface area (Å²) >= 11 is 3.56. The van der Waals surface area contributed by atoms with Gasteiger partial charge in [-0.05, 0) is 40.5 Å². The van der Waals surface area contributed by atoms with E-state index in [-0.39, 0.29) is 0 Å². The molecule has 0 saturated carbocycles. The summed E-state index contributed by atoms with van der Waals surface area (Å²) in [7, 11) is 0. The number of nitrogens with zero attached hydrogens (tertiary/aromatic N) is 5. The van der Waals surface area contributed by atoms with Crippen LogP contribution in [-0.2, 0) is 0 Å². The van der Waals surface area contributed by atoms with Gasteiger partial charge in [0.15, 0.2) is 0 Å². The Kier molecular flexibility index (Phi) is 3.57. The first-order valence-corrected chi connectivity index (χ1v) is 7.06. The van der Waals surface area contributed by atoms with E-state index in [0.717, 1.165) is 21.4 Å². The molecule has 0 aliphatic rings. The Morgan fingerprint density at radius 3 is 2.86 bits per heavy atom. The van der Waals surface area contributed by atoms with Crippen molar-refractivity contribution in [3.05, 3.63) is 58.8 Å². The van der Waals surface area contributed by atoms with Crippen LogP contribution in [-0.4, -0.2) is 25.4 Å². The van der Waals surface area contributed by atoms with Gasteiger partial charge in [-0.25, -0.2) is 14.6 Å². The lowest BCUT2D eigenvalue weighted by Gasteiger charge is -2.05. The molecule has 106 valence electrons. The number of rotatable bonds is 3. The molecule has 0 amide bonds. The van der Waals surface area contributed by atoms with E-state index in [4.69, 9.17) is 5.73 Å². The normalized spacial score (nSPS) is 11.3. The number of hydrogen-bond acceptors (Lipinski definition) is 4. The van der Waals surface area contributed by atoms with Crippen LogP contribution in [0, 0.1) is 6.92 Å². The van der Waals surface area contributed by atoms with Gasteiger partial charge in [0, 0.05) is 16.9 Å². The molecule has 0 aliphatic carbocycles. The summed E-state index contributed by atoms with van der Waals surface area (Å²) in [5, 5.41) is 4.29. The molecule has 0 saturated heterocycles. The molecule has 0 aliphatic heterocycles. The van der Waals surface area contributed by atoms with E-state index in [0.29, 0.717) is 5.95 Å². The van der Waals surface area contributed by atoms with Crippen molar-refractivity contribution < 1.29 is 0 Å². The second kappa shape index (κ2) is 5.53. The fourth-order valence-electron chi connectivity index (χ4n) is 1.94. The van der Waals surface area contributed by atoms with E-state index in [1.165, 1.54) is 0 Å². The molecule has 21 heavy (non-hydrogen) atoms. The number of nitrogen functional groups attached to an aromatic ring is 1. The monoisotopic (exact) mass is 344 g/mol. The van der Waals surface area contributed by atoms with Crippen molar-refractivity contribution in [1.29, 1.82) is 0 Å². The molecule has 6 nitrogen and oxygen atoms in total. The molecule has 3 aromatic rings. The van der Waals surface area contributed by atoms with Gasteiger partial charge >= 0.3 is 0 Å². The second-order valence-electron chi connectivity index (χ2n) is 4.51. The zero-order valence-electron chi connectivity index (χ0n) is 11.3. The van der Waals surface area contributed by atoms with Crippen molar-refractivity contribution in [1.82, 2.24) is 19.2 Å². The third-order valence-corrected chi connectivity index (χ3v) is 3.56. The Bertz CT molecular complexity index is 788. The maximum absolute atomic E-state index is 5.74. The SMILES string of the molecule is Cc1cn(N=Cc2ccc(-n3ccnc3)c(Br)c2)c(N)n1. The van der Waals surface area contributed by atoms with E-state index in [1.54, 1.807) is 29.6 Å². The van der Waals surface area contributed by atoms with Gasteiger partial charge in [-0.3, -0.25) is 0 Å². The van der Waals surface area contributed by atoms with Crippen LogP contribution in [0.4, 0.5) is 5.95 Å². The number of benzene rings is 1. The molecule has 7 heteroatoms. The number of nitrogens with two attached hydrogens (primary N) is 1. The summed E-state index contributed by atoms with van der Waals surface area (Å²) in [4.78, 5) is 8.14. The molecule has 0 bridgehead atoms. The molecular weight excluding hydrogens is 332 g/mol. The third kappa shape index (κ3) is 2.87. The summed E-state index contributed by atoms with van der Waals surface area (Å²) in [6, 6.07) is 5.96. The van der Waals surface area contributed by atoms with Crippen molar-refractivity contribution in [3.63, 3.8) is 0 Å². The van der Waals surface area contributed by atoms with Gasteiger partial charge in [0.05, 0.1) is 30.1 Å². The Balaban J connectivity index is 1.87. The van der Waals surface area contributed by atoms with Gasteiger partial charge in [0.1, 0.15) is 0 Å². The van der Waals surface area contributed by atoms with Crippen LogP contribution in [0.1, 0.15) is 11.3 Å². The van der Waals surface area contributed by atoms with Gasteiger partial charge in [0.25, 0.3) is 0 Å². The Labute approximate surface area is 130 Å². The highest BCUT2D eigenvalue weighted by atomic mass is 79.9. The summed E-state index contributed by atoms with van der Waals surface area (Å²) in [6.45, 7) is 1.87. The fourth-order valence-corrected chi connectivity index (χ4v) is 2.54. The average molecular weight is 345 g/mol. The highest BCUT2D eigenvalue weighted by molar-refractivity contribution is 9.10. The largest absolute Gasteiger partial charge is 0.368 e. The lowest BCUT2D eigenvalue weighted by molar-refractivity contribution is 0.897. The van der Waals surface area contributed by atoms with Crippen molar-refractivity contribution >= 4 is 28.1 Å².